The summed E-state index contributed by atoms with van der Waals surface area (Å²) < 4.78 is 17.8. The minimum atomic E-state index is -1.56. The Morgan fingerprint density at radius 2 is 1.11 bits per heavy atom. The summed E-state index contributed by atoms with van der Waals surface area (Å²) in [5.74, 6) is 1.52. The minimum Gasteiger partial charge on any atom is -0.471 e. The van der Waals surface area contributed by atoms with Crippen LogP contribution in [-0.2, 0) is 9.53 Å². The summed E-state index contributed by atoms with van der Waals surface area (Å²) in [5.41, 5.74) is 1.82. The predicted octanol–water partition coefficient (Wildman–Crippen LogP) is 11.3. The first-order valence-electron chi connectivity index (χ1n) is 18.4. The fraction of sp³-hybridized carbons (Fsp3) is 0.737. The number of hydrogen-bond donors (Lipinski definition) is 0. The molecule has 0 aliphatic heterocycles. The van der Waals surface area contributed by atoms with Crippen LogP contribution < -0.4 is 10.8 Å². The third-order valence-corrected chi connectivity index (χ3v) is 21.3. The van der Waals surface area contributed by atoms with Crippen molar-refractivity contribution in [2.75, 3.05) is 0 Å². The maximum absolute atomic E-state index is 11.7. The van der Waals surface area contributed by atoms with Gasteiger partial charge in [-0.2, -0.15) is 0 Å². The van der Waals surface area contributed by atoms with Crippen LogP contribution in [0.1, 0.15) is 160 Å². The average molecular weight is 661 g/mol. The second-order valence-corrected chi connectivity index (χ2v) is 23.5. The summed E-state index contributed by atoms with van der Waals surface area (Å²) in [6.07, 6.45) is 14.8. The number of carbonyl (C=O) groups excluding carboxylic acids is 2. The first-order chi connectivity index (χ1) is 21.6. The molecule has 258 valence electrons. The van der Waals surface area contributed by atoms with Crippen molar-refractivity contribution in [1.82, 2.24) is 0 Å². The molecule has 5 nitrogen and oxygen atoms in total. The van der Waals surface area contributed by atoms with E-state index < -0.39 is 16.1 Å². The second-order valence-electron chi connectivity index (χ2n) is 13.1. The number of furan rings is 2. The maximum atomic E-state index is 11.7. The van der Waals surface area contributed by atoms with E-state index in [0.29, 0.717) is 0 Å². The van der Waals surface area contributed by atoms with E-state index in [9.17, 15) is 9.59 Å². The van der Waals surface area contributed by atoms with Crippen molar-refractivity contribution in [3.05, 3.63) is 34.8 Å². The predicted molar refractivity (Wildman–Crippen MR) is 197 cm³/mol. The van der Waals surface area contributed by atoms with Gasteiger partial charge in [-0.3, -0.25) is 9.59 Å². The molecule has 45 heavy (non-hydrogen) atoms. The Balaban J connectivity index is 0.000000562. The van der Waals surface area contributed by atoms with E-state index in [2.05, 4.69) is 54.5 Å². The number of hydrogen-bond acceptors (Lipinski definition) is 5. The molecule has 0 N–H and O–H groups in total. The van der Waals surface area contributed by atoms with Crippen LogP contribution in [0, 0.1) is 13.8 Å². The van der Waals surface area contributed by atoms with Crippen molar-refractivity contribution < 1.29 is 23.2 Å². The molecule has 0 saturated carbocycles. The third kappa shape index (κ3) is 12.3. The van der Waals surface area contributed by atoms with E-state index in [1.165, 1.54) is 106 Å². The van der Waals surface area contributed by atoms with Crippen molar-refractivity contribution in [3.63, 3.8) is 0 Å². The van der Waals surface area contributed by atoms with Crippen LogP contribution in [0.2, 0.25) is 36.3 Å². The molecule has 0 spiro atoms. The van der Waals surface area contributed by atoms with Gasteiger partial charge in [-0.05, 0) is 38.8 Å². The van der Waals surface area contributed by atoms with Gasteiger partial charge in [-0.25, -0.2) is 0 Å². The smallest absolute Gasteiger partial charge is 0.303 e. The molecule has 0 bridgehead atoms. The van der Waals surface area contributed by atoms with Crippen molar-refractivity contribution >= 4 is 39.2 Å². The molecule has 0 radical (unpaired) electrons. The molecule has 0 fully saturated rings. The molecule has 0 aliphatic rings. The highest BCUT2D eigenvalue weighted by molar-refractivity contribution is 6.91. The lowest BCUT2D eigenvalue weighted by molar-refractivity contribution is -0.147. The lowest BCUT2D eigenvalue weighted by Crippen LogP contribution is -2.44. The highest BCUT2D eigenvalue weighted by atomic mass is 28.3. The number of esters is 1. The monoisotopic (exact) mass is 660 g/mol. The second kappa shape index (κ2) is 21.8. The molecular weight excluding hydrogens is 593 g/mol. The summed E-state index contributed by atoms with van der Waals surface area (Å²) >= 11 is 0. The lowest BCUT2D eigenvalue weighted by Gasteiger charge is -2.25. The number of carbonyl (C=O) groups is 2. The van der Waals surface area contributed by atoms with Crippen molar-refractivity contribution in [3.8, 4) is 0 Å². The first-order valence-corrected chi connectivity index (χ1v) is 23.7. The Morgan fingerprint density at radius 3 is 1.51 bits per heavy atom. The summed E-state index contributed by atoms with van der Waals surface area (Å²) in [4.78, 5) is 22.5. The van der Waals surface area contributed by atoms with Gasteiger partial charge in [-0.15, -0.1) is 0 Å². The third-order valence-electron chi connectivity index (χ3n) is 10.6. The number of rotatable bonds is 22. The number of aldehydes is 1. The largest absolute Gasteiger partial charge is 0.471 e. The normalized spacial score (nSPS) is 12.5. The van der Waals surface area contributed by atoms with Crippen LogP contribution in [0.4, 0.5) is 0 Å². The van der Waals surface area contributed by atoms with Gasteiger partial charge < -0.3 is 13.6 Å². The van der Waals surface area contributed by atoms with Gasteiger partial charge >= 0.3 is 5.97 Å². The number of ether oxygens (including phenoxy) is 1. The fourth-order valence-electron chi connectivity index (χ4n) is 6.79. The molecule has 7 heteroatoms. The van der Waals surface area contributed by atoms with Gasteiger partial charge in [0.25, 0.3) is 0 Å². The summed E-state index contributed by atoms with van der Waals surface area (Å²) in [7, 11) is -3.01. The molecule has 0 saturated heterocycles. The van der Waals surface area contributed by atoms with E-state index in [1.54, 1.807) is 0 Å². The summed E-state index contributed by atoms with van der Waals surface area (Å²) in [6, 6.07) is 11.4. The van der Waals surface area contributed by atoms with E-state index in [-0.39, 0.29) is 12.1 Å². The molecule has 0 aliphatic carbocycles. The van der Waals surface area contributed by atoms with Crippen LogP contribution in [0.15, 0.2) is 21.0 Å². The van der Waals surface area contributed by atoms with E-state index in [4.69, 9.17) is 13.6 Å². The van der Waals surface area contributed by atoms with Gasteiger partial charge in [0, 0.05) is 12.5 Å². The first kappa shape index (κ1) is 41.2. The van der Waals surface area contributed by atoms with E-state index in [0.717, 1.165) is 47.2 Å². The van der Waals surface area contributed by atoms with Crippen molar-refractivity contribution in [1.29, 1.82) is 0 Å². The van der Waals surface area contributed by atoms with Crippen LogP contribution in [0.5, 0.6) is 0 Å². The van der Waals surface area contributed by atoms with Gasteiger partial charge in [0.2, 0.25) is 0 Å². The zero-order valence-corrected chi connectivity index (χ0v) is 32.9. The standard InChI is InChI=1S/C26H48O3Si.C12H20O2Si/c1-7-11-12-13-14-15-16-17-18-19-20-25(29-23(6)27)24-21-26(28-22(24)5)30(8-2,9-3)10-4;1-5-15(6-2,7-3)12-8-11(9-13)10(4)14-12/h21,25H,7-20H2,1-6H3;8-9H,5-7H2,1-4H3. The number of aryl methyl sites for hydroxylation is 2. The number of unbranched alkanes of at least 4 members (excludes halogenated alkanes) is 9. The molecule has 2 aromatic rings. The Kier molecular flexibility index (Phi) is 20.0. The summed E-state index contributed by atoms with van der Waals surface area (Å²) in [5, 5.41) is 2.30. The van der Waals surface area contributed by atoms with Crippen molar-refractivity contribution in [2.45, 2.75) is 182 Å². The molecule has 0 aromatic carbocycles. The Labute approximate surface area is 278 Å². The SMILES string of the molecule is CCCCCCCCCCCCC(OC(C)=O)c1cc([Si](CC)(CC)CC)oc1C.CC[Si](CC)(CC)c1cc(C=O)c(C)o1. The fourth-order valence-corrected chi connectivity index (χ4v) is 13.5. The molecule has 1 atom stereocenters. The molecule has 2 rings (SSSR count). The van der Waals surface area contributed by atoms with E-state index in [1.807, 2.05) is 19.9 Å². The highest BCUT2D eigenvalue weighted by Crippen LogP contribution is 2.30. The van der Waals surface area contributed by atoms with Gasteiger partial charge in [0.05, 0.1) is 16.3 Å². The average Bonchev–Trinajstić information content (AvgIpc) is 3.62. The van der Waals surface area contributed by atoms with Gasteiger partial charge in [-0.1, -0.05) is 143 Å². The lowest BCUT2D eigenvalue weighted by atomic mass is 10.0. The van der Waals surface area contributed by atoms with Gasteiger partial charge in [0.1, 0.15) is 33.8 Å². The Bertz CT molecular complexity index is 1080. The topological polar surface area (TPSA) is 69.7 Å². The van der Waals surface area contributed by atoms with Crippen LogP contribution >= 0.6 is 0 Å². The molecule has 2 aromatic heterocycles. The zero-order chi connectivity index (χ0) is 33.9. The molecule has 1 unspecified atom stereocenters. The van der Waals surface area contributed by atoms with Crippen molar-refractivity contribution in [2.24, 2.45) is 0 Å². The quantitative estimate of drug-likeness (QED) is 0.0544. The molecular formula is C38H68O5Si2. The maximum Gasteiger partial charge on any atom is 0.303 e. The van der Waals surface area contributed by atoms with Crippen LogP contribution in [0.3, 0.4) is 0 Å². The van der Waals surface area contributed by atoms with Crippen LogP contribution in [0.25, 0.3) is 0 Å². The molecule has 2 heterocycles. The Hall–Kier alpha value is -1.87. The van der Waals surface area contributed by atoms with E-state index >= 15 is 0 Å². The Morgan fingerprint density at radius 1 is 0.689 bits per heavy atom. The zero-order valence-electron chi connectivity index (χ0n) is 30.9. The van der Waals surface area contributed by atoms with Crippen LogP contribution in [-0.4, -0.2) is 28.4 Å². The minimum absolute atomic E-state index is 0.161. The van der Waals surface area contributed by atoms with Gasteiger partial charge in [0.15, 0.2) is 6.29 Å². The summed E-state index contributed by atoms with van der Waals surface area (Å²) in [6.45, 7) is 21.3. The molecule has 0 amide bonds. The highest BCUT2D eigenvalue weighted by Gasteiger charge is 2.35.